The maximum atomic E-state index is 5.62. The van der Waals surface area contributed by atoms with Crippen LogP contribution in [0.1, 0.15) is 19.4 Å². The average Bonchev–Trinajstić information content (AvgIpc) is 2.64. The topological polar surface area (TPSA) is 55.9 Å². The first-order valence-corrected chi connectivity index (χ1v) is 5.75. The van der Waals surface area contributed by atoms with Gasteiger partial charge in [-0.15, -0.1) is 0 Å². The Balaban J connectivity index is 2.31. The second-order valence-corrected chi connectivity index (χ2v) is 4.49. The minimum atomic E-state index is 0.431. The van der Waals surface area contributed by atoms with E-state index in [0.717, 1.165) is 11.4 Å². The van der Waals surface area contributed by atoms with Gasteiger partial charge in [0.2, 0.25) is 0 Å². The predicted octanol–water partition coefficient (Wildman–Crippen LogP) is 2.58. The highest BCUT2D eigenvalue weighted by Gasteiger charge is 2.04. The first-order chi connectivity index (χ1) is 8.06. The molecule has 0 unspecified atom stereocenters. The maximum absolute atomic E-state index is 5.62. The zero-order valence-electron chi connectivity index (χ0n) is 10.4. The van der Waals surface area contributed by atoms with Crippen LogP contribution in [0, 0.1) is 6.92 Å². The van der Waals surface area contributed by atoms with Crippen LogP contribution in [-0.4, -0.2) is 15.8 Å². The summed E-state index contributed by atoms with van der Waals surface area (Å²) in [7, 11) is 0. The summed E-state index contributed by atoms with van der Waals surface area (Å²) in [5.41, 5.74) is 8.96. The number of aromatic nitrogens is 2. The van der Waals surface area contributed by atoms with Crippen molar-refractivity contribution in [2.75, 3.05) is 11.1 Å². The fraction of sp³-hybridized carbons (Fsp3) is 0.308. The number of nitrogens with two attached hydrogens (primary N) is 1. The third kappa shape index (κ3) is 2.58. The Labute approximate surface area is 101 Å². The molecule has 1 aromatic carbocycles. The highest BCUT2D eigenvalue weighted by atomic mass is 15.3. The number of nitrogens with one attached hydrogen (secondary N) is 1. The standard InChI is InChI=1S/C13H18N4/c1-9(2)15-11-4-5-12(10(3)8-11)17-7-6-13(14)16-17/h4-9,15H,1-3H3,(H2,14,16). The summed E-state index contributed by atoms with van der Waals surface area (Å²) in [6.07, 6.45) is 1.87. The van der Waals surface area contributed by atoms with Crippen molar-refractivity contribution in [3.05, 3.63) is 36.0 Å². The molecule has 90 valence electrons. The molecule has 2 aromatic rings. The number of rotatable bonds is 3. The van der Waals surface area contributed by atoms with Crippen molar-refractivity contribution in [3.63, 3.8) is 0 Å². The van der Waals surface area contributed by atoms with Gasteiger partial charge >= 0.3 is 0 Å². The van der Waals surface area contributed by atoms with Crippen LogP contribution < -0.4 is 11.1 Å². The molecule has 0 radical (unpaired) electrons. The van der Waals surface area contributed by atoms with Crippen LogP contribution >= 0.6 is 0 Å². The van der Waals surface area contributed by atoms with Crippen LogP contribution in [0.5, 0.6) is 0 Å². The molecular weight excluding hydrogens is 212 g/mol. The second-order valence-electron chi connectivity index (χ2n) is 4.49. The summed E-state index contributed by atoms with van der Waals surface area (Å²) in [6.45, 7) is 6.31. The summed E-state index contributed by atoms with van der Waals surface area (Å²) in [5.74, 6) is 0.536. The van der Waals surface area contributed by atoms with Gasteiger partial charge in [-0.05, 0) is 44.5 Å². The number of aryl methyl sites for hydroxylation is 1. The van der Waals surface area contributed by atoms with Crippen molar-refractivity contribution < 1.29 is 0 Å². The summed E-state index contributed by atoms with van der Waals surface area (Å²) < 4.78 is 1.80. The van der Waals surface area contributed by atoms with E-state index in [1.54, 1.807) is 10.7 Å². The van der Waals surface area contributed by atoms with Gasteiger partial charge in [-0.25, -0.2) is 4.68 Å². The normalized spacial score (nSPS) is 10.8. The Bertz CT molecular complexity index is 514. The molecular formula is C13H18N4. The van der Waals surface area contributed by atoms with Gasteiger partial charge in [-0.3, -0.25) is 0 Å². The van der Waals surface area contributed by atoms with E-state index in [1.807, 2.05) is 12.3 Å². The third-order valence-corrected chi connectivity index (χ3v) is 2.51. The van der Waals surface area contributed by atoms with Gasteiger partial charge < -0.3 is 11.1 Å². The lowest BCUT2D eigenvalue weighted by Crippen LogP contribution is -2.10. The molecule has 2 rings (SSSR count). The monoisotopic (exact) mass is 230 g/mol. The molecule has 0 fully saturated rings. The van der Waals surface area contributed by atoms with Crippen molar-refractivity contribution in [3.8, 4) is 5.69 Å². The summed E-state index contributed by atoms with van der Waals surface area (Å²) in [6, 6.07) is 8.44. The molecule has 0 bridgehead atoms. The molecule has 4 heteroatoms. The molecule has 3 N–H and O–H groups in total. The Morgan fingerprint density at radius 3 is 2.59 bits per heavy atom. The molecule has 1 aromatic heterocycles. The predicted molar refractivity (Wildman–Crippen MR) is 71.5 cm³/mol. The Morgan fingerprint density at radius 2 is 2.06 bits per heavy atom. The average molecular weight is 230 g/mol. The minimum Gasteiger partial charge on any atom is -0.383 e. The van der Waals surface area contributed by atoms with Gasteiger partial charge in [0.1, 0.15) is 5.82 Å². The van der Waals surface area contributed by atoms with E-state index in [2.05, 4.69) is 43.3 Å². The fourth-order valence-electron chi connectivity index (χ4n) is 1.81. The van der Waals surface area contributed by atoms with Crippen LogP contribution in [0.4, 0.5) is 11.5 Å². The molecule has 17 heavy (non-hydrogen) atoms. The SMILES string of the molecule is Cc1cc(NC(C)C)ccc1-n1ccc(N)n1. The number of nitrogens with zero attached hydrogens (tertiary/aromatic N) is 2. The largest absolute Gasteiger partial charge is 0.383 e. The Kier molecular flexibility index (Phi) is 3.04. The number of benzene rings is 1. The Hall–Kier alpha value is -1.97. The lowest BCUT2D eigenvalue weighted by atomic mass is 10.1. The quantitative estimate of drug-likeness (QED) is 0.852. The molecule has 0 spiro atoms. The fourth-order valence-corrected chi connectivity index (χ4v) is 1.81. The first-order valence-electron chi connectivity index (χ1n) is 5.75. The zero-order chi connectivity index (χ0) is 12.4. The summed E-state index contributed by atoms with van der Waals surface area (Å²) in [5, 5.41) is 7.58. The zero-order valence-corrected chi connectivity index (χ0v) is 10.4. The van der Waals surface area contributed by atoms with E-state index in [0.29, 0.717) is 11.9 Å². The molecule has 0 saturated carbocycles. The number of hydrogen-bond acceptors (Lipinski definition) is 3. The molecule has 1 heterocycles. The van der Waals surface area contributed by atoms with E-state index in [-0.39, 0.29) is 0 Å². The van der Waals surface area contributed by atoms with Crippen molar-refractivity contribution in [1.29, 1.82) is 0 Å². The molecule has 0 atom stereocenters. The van der Waals surface area contributed by atoms with E-state index in [1.165, 1.54) is 5.56 Å². The van der Waals surface area contributed by atoms with Gasteiger partial charge in [0.05, 0.1) is 5.69 Å². The van der Waals surface area contributed by atoms with E-state index < -0.39 is 0 Å². The van der Waals surface area contributed by atoms with Crippen molar-refractivity contribution >= 4 is 11.5 Å². The maximum Gasteiger partial charge on any atom is 0.145 e. The summed E-state index contributed by atoms with van der Waals surface area (Å²) >= 11 is 0. The highest BCUT2D eigenvalue weighted by Crippen LogP contribution is 2.19. The number of hydrogen-bond donors (Lipinski definition) is 2. The van der Waals surface area contributed by atoms with Gasteiger partial charge in [-0.2, -0.15) is 5.10 Å². The van der Waals surface area contributed by atoms with E-state index >= 15 is 0 Å². The number of nitrogen functional groups attached to an aromatic ring is 1. The van der Waals surface area contributed by atoms with Crippen LogP contribution in [0.15, 0.2) is 30.5 Å². The first kappa shape index (κ1) is 11.5. The second kappa shape index (κ2) is 4.49. The molecule has 0 saturated heterocycles. The van der Waals surface area contributed by atoms with Gasteiger partial charge in [0.15, 0.2) is 0 Å². The lowest BCUT2D eigenvalue weighted by Gasteiger charge is -2.12. The summed E-state index contributed by atoms with van der Waals surface area (Å²) in [4.78, 5) is 0. The highest BCUT2D eigenvalue weighted by molar-refractivity contribution is 5.54. The molecule has 0 aliphatic heterocycles. The Morgan fingerprint density at radius 1 is 1.29 bits per heavy atom. The van der Waals surface area contributed by atoms with E-state index in [9.17, 15) is 0 Å². The molecule has 0 aliphatic rings. The van der Waals surface area contributed by atoms with Crippen LogP contribution in [0.25, 0.3) is 5.69 Å². The van der Waals surface area contributed by atoms with E-state index in [4.69, 9.17) is 5.73 Å². The molecule has 4 nitrogen and oxygen atoms in total. The van der Waals surface area contributed by atoms with Gasteiger partial charge in [0.25, 0.3) is 0 Å². The van der Waals surface area contributed by atoms with Crippen LogP contribution in [0.2, 0.25) is 0 Å². The number of anilines is 2. The third-order valence-electron chi connectivity index (χ3n) is 2.51. The lowest BCUT2D eigenvalue weighted by molar-refractivity contribution is 0.874. The van der Waals surface area contributed by atoms with Crippen molar-refractivity contribution in [2.45, 2.75) is 26.8 Å². The molecule has 0 amide bonds. The van der Waals surface area contributed by atoms with Gasteiger partial charge in [0, 0.05) is 24.0 Å². The van der Waals surface area contributed by atoms with Crippen LogP contribution in [0.3, 0.4) is 0 Å². The van der Waals surface area contributed by atoms with Gasteiger partial charge in [-0.1, -0.05) is 0 Å². The van der Waals surface area contributed by atoms with Crippen LogP contribution in [-0.2, 0) is 0 Å². The minimum absolute atomic E-state index is 0.431. The smallest absolute Gasteiger partial charge is 0.145 e. The van der Waals surface area contributed by atoms with Crippen molar-refractivity contribution in [1.82, 2.24) is 9.78 Å². The van der Waals surface area contributed by atoms with Crippen molar-refractivity contribution in [2.24, 2.45) is 0 Å². The molecule has 0 aliphatic carbocycles.